The molecule has 106 valence electrons. The van der Waals surface area contributed by atoms with Gasteiger partial charge in [0.05, 0.1) is 5.56 Å². The van der Waals surface area contributed by atoms with E-state index >= 15 is 0 Å². The van der Waals surface area contributed by atoms with Crippen LogP contribution in [0.15, 0.2) is 46.9 Å². The molecule has 0 fully saturated rings. The van der Waals surface area contributed by atoms with E-state index in [1.165, 1.54) is 24.3 Å². The van der Waals surface area contributed by atoms with Crippen molar-refractivity contribution >= 4 is 15.9 Å². The number of benzene rings is 2. The molecule has 1 atom stereocenters. The van der Waals surface area contributed by atoms with Gasteiger partial charge in [-0.2, -0.15) is 13.2 Å². The Morgan fingerprint density at radius 3 is 2.35 bits per heavy atom. The zero-order valence-electron chi connectivity index (χ0n) is 9.96. The Hall–Kier alpha value is -1.40. The van der Waals surface area contributed by atoms with Gasteiger partial charge in [-0.3, -0.25) is 0 Å². The van der Waals surface area contributed by atoms with Crippen LogP contribution in [0.3, 0.4) is 0 Å². The molecule has 6 heteroatoms. The number of aliphatic hydroxyl groups is 1. The molecule has 0 saturated carbocycles. The van der Waals surface area contributed by atoms with Gasteiger partial charge in [-0.1, -0.05) is 28.1 Å². The monoisotopic (exact) mass is 348 g/mol. The molecular formula is C14H9BrF4O. The second-order valence-corrected chi connectivity index (χ2v) is 5.05. The van der Waals surface area contributed by atoms with E-state index < -0.39 is 23.7 Å². The van der Waals surface area contributed by atoms with Crippen LogP contribution in [0.4, 0.5) is 17.6 Å². The molecule has 0 aliphatic carbocycles. The van der Waals surface area contributed by atoms with Crippen LogP contribution in [-0.4, -0.2) is 5.11 Å². The molecule has 2 aromatic rings. The molecule has 1 nitrogen and oxygen atoms in total. The third kappa shape index (κ3) is 3.19. The van der Waals surface area contributed by atoms with Crippen LogP contribution < -0.4 is 0 Å². The van der Waals surface area contributed by atoms with E-state index in [2.05, 4.69) is 15.9 Å². The number of halogens is 5. The molecule has 0 aliphatic heterocycles. The van der Waals surface area contributed by atoms with Gasteiger partial charge in [0, 0.05) is 4.47 Å². The Kier molecular flexibility index (Phi) is 4.15. The summed E-state index contributed by atoms with van der Waals surface area (Å²) < 4.78 is 51.4. The van der Waals surface area contributed by atoms with Crippen molar-refractivity contribution < 1.29 is 22.7 Å². The topological polar surface area (TPSA) is 20.2 Å². The number of rotatable bonds is 2. The normalized spacial score (nSPS) is 13.3. The van der Waals surface area contributed by atoms with Gasteiger partial charge < -0.3 is 5.11 Å². The van der Waals surface area contributed by atoms with Crippen LogP contribution in [0, 0.1) is 5.82 Å². The van der Waals surface area contributed by atoms with Crippen molar-refractivity contribution in [2.75, 3.05) is 0 Å². The lowest BCUT2D eigenvalue weighted by atomic mass is 9.99. The highest BCUT2D eigenvalue weighted by molar-refractivity contribution is 9.10. The van der Waals surface area contributed by atoms with Gasteiger partial charge >= 0.3 is 6.18 Å². The van der Waals surface area contributed by atoms with E-state index in [1.807, 2.05) is 0 Å². The summed E-state index contributed by atoms with van der Waals surface area (Å²) in [5.41, 5.74) is -0.651. The third-order valence-corrected chi connectivity index (χ3v) is 3.50. The molecule has 0 radical (unpaired) electrons. The lowest BCUT2D eigenvalue weighted by Crippen LogP contribution is -2.08. The number of hydrogen-bond acceptors (Lipinski definition) is 1. The Labute approximate surface area is 121 Å². The average molecular weight is 349 g/mol. The second-order valence-electron chi connectivity index (χ2n) is 4.19. The van der Waals surface area contributed by atoms with E-state index in [-0.39, 0.29) is 11.1 Å². The summed E-state index contributed by atoms with van der Waals surface area (Å²) in [6, 6.07) is 8.07. The molecule has 0 bridgehead atoms. The van der Waals surface area contributed by atoms with Crippen molar-refractivity contribution in [3.8, 4) is 0 Å². The van der Waals surface area contributed by atoms with Crippen LogP contribution in [0.1, 0.15) is 22.8 Å². The Bertz CT molecular complexity index is 625. The summed E-state index contributed by atoms with van der Waals surface area (Å²) in [6.45, 7) is 0. The zero-order valence-corrected chi connectivity index (χ0v) is 11.5. The third-order valence-electron chi connectivity index (χ3n) is 2.78. The molecule has 0 heterocycles. The zero-order chi connectivity index (χ0) is 14.9. The molecule has 0 saturated heterocycles. The predicted molar refractivity (Wildman–Crippen MR) is 69.6 cm³/mol. The van der Waals surface area contributed by atoms with Crippen LogP contribution in [0.5, 0.6) is 0 Å². The number of alkyl halides is 3. The highest BCUT2D eigenvalue weighted by Gasteiger charge is 2.31. The first-order chi connectivity index (χ1) is 9.29. The number of hydrogen-bond donors (Lipinski definition) is 1. The standard InChI is InChI=1S/C14H9BrF4O/c15-12-5-4-9(14(17,18)19)7-11(12)13(20)8-2-1-3-10(16)6-8/h1-7,13,20H. The lowest BCUT2D eigenvalue weighted by molar-refractivity contribution is -0.137. The first-order valence-corrected chi connectivity index (χ1v) is 6.38. The first kappa shape index (κ1) is 15.0. The largest absolute Gasteiger partial charge is 0.416 e. The minimum Gasteiger partial charge on any atom is -0.384 e. The predicted octanol–water partition coefficient (Wildman–Crippen LogP) is 4.69. The molecule has 20 heavy (non-hydrogen) atoms. The molecular weight excluding hydrogens is 340 g/mol. The fraction of sp³-hybridized carbons (Fsp3) is 0.143. The summed E-state index contributed by atoms with van der Waals surface area (Å²) >= 11 is 3.09. The summed E-state index contributed by atoms with van der Waals surface area (Å²) in [5, 5.41) is 10.1. The van der Waals surface area contributed by atoms with Gasteiger partial charge in [0.2, 0.25) is 0 Å². The van der Waals surface area contributed by atoms with Gasteiger partial charge in [-0.05, 0) is 41.5 Å². The fourth-order valence-electron chi connectivity index (χ4n) is 1.79. The van der Waals surface area contributed by atoms with Crippen LogP contribution in [0.25, 0.3) is 0 Å². The minimum absolute atomic E-state index is 0.0328. The molecule has 1 unspecified atom stereocenters. The van der Waals surface area contributed by atoms with E-state index in [0.29, 0.717) is 4.47 Å². The first-order valence-electron chi connectivity index (χ1n) is 5.59. The number of aliphatic hydroxyl groups excluding tert-OH is 1. The van der Waals surface area contributed by atoms with Crippen LogP contribution in [-0.2, 0) is 6.18 Å². The van der Waals surface area contributed by atoms with Crippen molar-refractivity contribution in [3.05, 3.63) is 69.4 Å². The summed E-state index contributed by atoms with van der Waals surface area (Å²) in [5.74, 6) is -0.565. The van der Waals surface area contributed by atoms with Crippen LogP contribution >= 0.6 is 15.9 Å². The van der Waals surface area contributed by atoms with Crippen molar-refractivity contribution in [1.82, 2.24) is 0 Å². The van der Waals surface area contributed by atoms with Gasteiger partial charge in [-0.15, -0.1) is 0 Å². The van der Waals surface area contributed by atoms with Crippen molar-refractivity contribution in [1.29, 1.82) is 0 Å². The maximum atomic E-state index is 13.1. The highest BCUT2D eigenvalue weighted by Crippen LogP contribution is 2.35. The molecule has 0 aliphatic rings. The van der Waals surface area contributed by atoms with Crippen molar-refractivity contribution in [2.24, 2.45) is 0 Å². The summed E-state index contributed by atoms with van der Waals surface area (Å²) in [7, 11) is 0. The second kappa shape index (κ2) is 5.54. The molecule has 2 rings (SSSR count). The SMILES string of the molecule is OC(c1cccc(F)c1)c1cc(C(F)(F)F)ccc1Br. The summed E-state index contributed by atoms with van der Waals surface area (Å²) in [6.07, 6.45) is -5.85. The maximum absolute atomic E-state index is 13.1. The highest BCUT2D eigenvalue weighted by atomic mass is 79.9. The van der Waals surface area contributed by atoms with E-state index in [0.717, 1.165) is 18.2 Å². The Balaban J connectivity index is 2.46. The van der Waals surface area contributed by atoms with Crippen LogP contribution in [0.2, 0.25) is 0 Å². The molecule has 0 aromatic heterocycles. The van der Waals surface area contributed by atoms with Crippen molar-refractivity contribution in [2.45, 2.75) is 12.3 Å². The molecule has 0 amide bonds. The lowest BCUT2D eigenvalue weighted by Gasteiger charge is -2.16. The fourth-order valence-corrected chi connectivity index (χ4v) is 2.25. The van der Waals surface area contributed by atoms with E-state index in [4.69, 9.17) is 0 Å². The Morgan fingerprint density at radius 1 is 1.05 bits per heavy atom. The average Bonchev–Trinajstić information content (AvgIpc) is 2.37. The Morgan fingerprint density at radius 2 is 1.75 bits per heavy atom. The molecule has 1 N–H and O–H groups in total. The molecule has 0 spiro atoms. The minimum atomic E-state index is -4.50. The quantitative estimate of drug-likeness (QED) is 0.780. The van der Waals surface area contributed by atoms with Gasteiger partial charge in [0.1, 0.15) is 11.9 Å². The smallest absolute Gasteiger partial charge is 0.384 e. The van der Waals surface area contributed by atoms with E-state index in [9.17, 15) is 22.7 Å². The maximum Gasteiger partial charge on any atom is 0.416 e. The van der Waals surface area contributed by atoms with Gasteiger partial charge in [0.15, 0.2) is 0 Å². The van der Waals surface area contributed by atoms with Crippen molar-refractivity contribution in [3.63, 3.8) is 0 Å². The van der Waals surface area contributed by atoms with Gasteiger partial charge in [0.25, 0.3) is 0 Å². The molecule has 2 aromatic carbocycles. The van der Waals surface area contributed by atoms with E-state index in [1.54, 1.807) is 0 Å². The summed E-state index contributed by atoms with van der Waals surface area (Å²) in [4.78, 5) is 0. The van der Waals surface area contributed by atoms with Gasteiger partial charge in [-0.25, -0.2) is 4.39 Å².